The van der Waals surface area contributed by atoms with Gasteiger partial charge in [0.1, 0.15) is 52.7 Å². The number of pyridine rings is 2. The molecule has 0 radical (unpaired) electrons. The predicted octanol–water partition coefficient (Wildman–Crippen LogP) is 6.02. The van der Waals surface area contributed by atoms with Crippen LogP contribution in [0.1, 0.15) is 7.43 Å². The first-order valence-electron chi connectivity index (χ1n) is 21.4. The fraction of sp³-hybridized carbons (Fsp3) is 0.277. The third kappa shape index (κ3) is 11.8. The number of rotatable bonds is 13. The Morgan fingerprint density at radius 1 is 0.712 bits per heavy atom. The number of benzene rings is 2. The lowest BCUT2D eigenvalue weighted by Crippen LogP contribution is -2.38. The van der Waals surface area contributed by atoms with E-state index in [-0.39, 0.29) is 89.6 Å². The van der Waals surface area contributed by atoms with Crippen molar-refractivity contribution in [3.05, 3.63) is 103 Å². The number of hydrogen-bond donors (Lipinski definition) is 2. The Kier molecular flexibility index (Phi) is 17.3. The van der Waals surface area contributed by atoms with E-state index in [9.17, 15) is 9.59 Å². The Morgan fingerprint density at radius 2 is 1.29 bits per heavy atom. The van der Waals surface area contributed by atoms with Gasteiger partial charge in [-0.05, 0) is 24.3 Å². The zero-order valence-electron chi connectivity index (χ0n) is 39.5. The van der Waals surface area contributed by atoms with Gasteiger partial charge in [-0.3, -0.25) is 19.3 Å². The molecule has 8 aromatic rings. The van der Waals surface area contributed by atoms with Crippen LogP contribution in [-0.4, -0.2) is 122 Å². The minimum absolute atomic E-state index is 0. The van der Waals surface area contributed by atoms with E-state index in [4.69, 9.17) is 33.4 Å². The number of alkyl carbamates (subject to hydrolysis) is 2. The first-order chi connectivity index (χ1) is 33.9. The molecule has 0 bridgehead atoms. The molecule has 8 heterocycles. The van der Waals surface area contributed by atoms with Gasteiger partial charge < -0.3 is 48.5 Å². The van der Waals surface area contributed by atoms with E-state index in [1.807, 2.05) is 26.5 Å². The highest BCUT2D eigenvalue weighted by molar-refractivity contribution is 7.59. The highest BCUT2D eigenvalue weighted by Crippen LogP contribution is 2.37. The summed E-state index contributed by atoms with van der Waals surface area (Å²) in [6.07, 6.45) is 9.31. The Bertz CT molecular complexity index is 3360. The maximum Gasteiger partial charge on any atom is 0.407 e. The lowest BCUT2D eigenvalue weighted by molar-refractivity contribution is 0.175. The molecule has 26 heteroatoms. The zero-order valence-corrected chi connectivity index (χ0v) is 41.5. The number of hydrogen-bond acceptors (Lipinski definition) is 17. The summed E-state index contributed by atoms with van der Waals surface area (Å²) in [7, 11) is 9.33. The molecule has 2 aromatic carbocycles. The first-order valence-corrected chi connectivity index (χ1v) is 21.4. The summed E-state index contributed by atoms with van der Waals surface area (Å²) >= 11 is 0. The molecule has 10 rings (SSSR count). The van der Waals surface area contributed by atoms with Crippen LogP contribution >= 0.6 is 27.0 Å². The van der Waals surface area contributed by atoms with Crippen molar-refractivity contribution in [2.45, 2.75) is 26.1 Å². The molecule has 0 saturated carbocycles. The lowest BCUT2D eigenvalue weighted by Gasteiger charge is -2.27. The first kappa shape index (κ1) is 54.1. The standard InChI is InChI=1S/2C23H22FN7O4.CH4.2H2S/c1-30-10-13(8-26-30)17-9-25-16-4-5-20(29-22(16)28-17)31(11-14-12-35-23(32)27-14)18-6-15(33-2)7-19(34-3)21(18)24;1-30-10-13(8-26-30)18-9-25-16-4-5-20(28-17-6-15(33-2)7-19(34-3)21(17)24)31(22(16)29-18)11-14-12-35-23(32)27-14;;;/h2*4-10,14H,11-12H2,1-3H3,(H,27,32);1H4;2*1H2. The van der Waals surface area contributed by atoms with Gasteiger partial charge in [0.2, 0.25) is 0 Å². The van der Waals surface area contributed by atoms with Gasteiger partial charge in [0.15, 0.2) is 34.4 Å². The molecule has 2 amide bonds. The molecule has 2 fully saturated rings. The van der Waals surface area contributed by atoms with E-state index in [0.29, 0.717) is 56.5 Å². The Balaban J connectivity index is 0.000000229. The molecule has 0 aliphatic carbocycles. The summed E-state index contributed by atoms with van der Waals surface area (Å²) in [5, 5.41) is 13.8. The van der Waals surface area contributed by atoms with Gasteiger partial charge >= 0.3 is 12.2 Å². The topological polar surface area (TPSA) is 234 Å². The second-order valence-electron chi connectivity index (χ2n) is 15.8. The third-order valence-electron chi connectivity index (χ3n) is 11.1. The Morgan fingerprint density at radius 3 is 1.86 bits per heavy atom. The number of fused-ring (bicyclic) bond motifs is 2. The average molecular weight is 1040 g/mol. The second-order valence-corrected chi connectivity index (χ2v) is 15.8. The van der Waals surface area contributed by atoms with Gasteiger partial charge in [-0.15, -0.1) is 0 Å². The molecule has 2 aliphatic heterocycles. The summed E-state index contributed by atoms with van der Waals surface area (Å²) in [6, 6.07) is 12.1. The molecule has 6 aromatic heterocycles. The van der Waals surface area contributed by atoms with Gasteiger partial charge in [-0.1, -0.05) is 7.43 Å². The van der Waals surface area contributed by atoms with Crippen molar-refractivity contribution in [3.8, 4) is 45.5 Å². The molecule has 0 spiro atoms. The van der Waals surface area contributed by atoms with Crippen LogP contribution < -0.4 is 40.0 Å². The average Bonchev–Trinajstić information content (AvgIpc) is 4.21. The van der Waals surface area contributed by atoms with Crippen LogP contribution in [0.15, 0.2) is 90.7 Å². The third-order valence-corrected chi connectivity index (χ3v) is 11.1. The maximum atomic E-state index is 15.5. The summed E-state index contributed by atoms with van der Waals surface area (Å²) in [5.41, 5.74) is 5.42. The molecule has 2 atom stereocenters. The van der Waals surface area contributed by atoms with Crippen LogP contribution in [0, 0.1) is 11.6 Å². The van der Waals surface area contributed by atoms with Crippen molar-refractivity contribution in [2.24, 2.45) is 19.1 Å². The number of nitrogens with zero attached hydrogens (tertiary/aromatic N) is 12. The number of methoxy groups -OCH3 is 4. The number of anilines is 2. The van der Waals surface area contributed by atoms with Gasteiger partial charge in [0, 0.05) is 75.0 Å². The van der Waals surface area contributed by atoms with Crippen LogP contribution in [0.2, 0.25) is 0 Å². The zero-order chi connectivity index (χ0) is 49.1. The SMILES string of the molecule is C.COc1cc(N=c2ccc3ncc(-c4cnn(C)c4)nc3n2CC2COC(=O)N2)c(F)c(OC)c1.COc1cc(OC)c(F)c(N(CC2COC(=O)N2)c2ccc3ncc(-c4cnn(C)c4)nc3n2)c1.S.S. The molecule has 2 N–H and O–H groups in total. The van der Waals surface area contributed by atoms with E-state index in [1.165, 1.54) is 46.6 Å². The van der Waals surface area contributed by atoms with Crippen LogP contribution in [0.5, 0.6) is 23.0 Å². The number of aryl methyl sites for hydroxylation is 2. The van der Waals surface area contributed by atoms with Crippen LogP contribution in [-0.2, 0) is 30.1 Å². The van der Waals surface area contributed by atoms with Crippen molar-refractivity contribution < 1.29 is 46.8 Å². The van der Waals surface area contributed by atoms with E-state index in [1.54, 1.807) is 73.9 Å². The smallest absolute Gasteiger partial charge is 0.407 e. The predicted molar refractivity (Wildman–Crippen MR) is 275 cm³/mol. The molecule has 22 nitrogen and oxygen atoms in total. The molecular formula is C47H52F2N14O8S2. The number of carbonyl (C=O) groups excluding carboxylic acids is 2. The fourth-order valence-corrected chi connectivity index (χ4v) is 7.61. The van der Waals surface area contributed by atoms with Crippen molar-refractivity contribution in [1.82, 2.24) is 59.7 Å². The number of halogens is 2. The van der Waals surface area contributed by atoms with Gasteiger partial charge in [-0.2, -0.15) is 37.2 Å². The summed E-state index contributed by atoms with van der Waals surface area (Å²) in [5.74, 6) is -0.0336. The summed E-state index contributed by atoms with van der Waals surface area (Å²) in [4.78, 5) is 52.6. The molecule has 2 saturated heterocycles. The highest BCUT2D eigenvalue weighted by Gasteiger charge is 2.29. The molecule has 2 unspecified atom stereocenters. The second kappa shape index (κ2) is 23.3. The molecule has 384 valence electrons. The van der Waals surface area contributed by atoms with Crippen molar-refractivity contribution in [3.63, 3.8) is 0 Å². The molecular weight excluding hydrogens is 991 g/mol. The number of amides is 2. The fourth-order valence-electron chi connectivity index (χ4n) is 7.61. The Labute approximate surface area is 430 Å². The highest BCUT2D eigenvalue weighted by atomic mass is 32.1. The van der Waals surface area contributed by atoms with E-state index in [0.717, 1.165) is 11.1 Å². The molecule has 2 aliphatic rings. The van der Waals surface area contributed by atoms with E-state index < -0.39 is 29.9 Å². The number of nitrogens with one attached hydrogen (secondary N) is 2. The quantitative estimate of drug-likeness (QED) is 0.134. The summed E-state index contributed by atoms with van der Waals surface area (Å²) < 4.78 is 66.7. The monoisotopic (exact) mass is 1040 g/mol. The van der Waals surface area contributed by atoms with Crippen LogP contribution in [0.4, 0.5) is 35.6 Å². The largest absolute Gasteiger partial charge is 0.497 e. The van der Waals surface area contributed by atoms with Crippen molar-refractivity contribution in [1.29, 1.82) is 0 Å². The summed E-state index contributed by atoms with van der Waals surface area (Å²) in [6.45, 7) is 0.762. The van der Waals surface area contributed by atoms with Gasteiger partial charge in [0.05, 0.1) is 82.4 Å². The van der Waals surface area contributed by atoms with E-state index >= 15 is 8.78 Å². The van der Waals surface area contributed by atoms with Crippen LogP contribution in [0.3, 0.4) is 0 Å². The van der Waals surface area contributed by atoms with Gasteiger partial charge in [0.25, 0.3) is 0 Å². The van der Waals surface area contributed by atoms with E-state index in [2.05, 4.69) is 45.8 Å². The normalized spacial score (nSPS) is 14.8. The lowest BCUT2D eigenvalue weighted by atomic mass is 10.2. The minimum atomic E-state index is -0.632. The number of cyclic esters (lactones) is 2. The maximum absolute atomic E-state index is 15.5. The van der Waals surface area contributed by atoms with Crippen molar-refractivity contribution in [2.75, 3.05) is 53.1 Å². The van der Waals surface area contributed by atoms with Crippen LogP contribution in [0.25, 0.3) is 44.8 Å². The number of carbonyl (C=O) groups is 2. The number of aromatic nitrogens is 10. The van der Waals surface area contributed by atoms with Gasteiger partial charge in [-0.25, -0.2) is 38.3 Å². The number of ether oxygens (including phenoxy) is 6. The Hall–Kier alpha value is -8.26. The minimum Gasteiger partial charge on any atom is -0.497 e. The molecule has 73 heavy (non-hydrogen) atoms. The van der Waals surface area contributed by atoms with Crippen molar-refractivity contribution >= 4 is 78.7 Å².